The van der Waals surface area contributed by atoms with E-state index >= 15 is 0 Å². The minimum atomic E-state index is 0. The third-order valence-corrected chi connectivity index (χ3v) is 0. The Bertz CT molecular complexity index is 16.5. The van der Waals surface area contributed by atoms with Crippen molar-refractivity contribution >= 4 is 0 Å². The molecular weight excluding hydrogens is 120 g/mol. The molecule has 64 valence electrons. The first kappa shape index (κ1) is 63.2. The molecule has 0 heteroatoms. The Morgan fingerprint density at radius 1 is 0.700 bits per heavy atom. The molecule has 0 aromatic rings. The van der Waals surface area contributed by atoms with Crippen molar-refractivity contribution in [1.29, 1.82) is 0 Å². The molecular formula is C10H24. The van der Waals surface area contributed by atoms with E-state index in [4.69, 9.17) is 0 Å². The van der Waals surface area contributed by atoms with Gasteiger partial charge < -0.3 is 0 Å². The zero-order valence-electron chi connectivity index (χ0n) is 5.98. The number of terminal acetylenes is 1. The molecule has 0 radical (unpaired) electrons. The summed E-state index contributed by atoms with van der Waals surface area (Å²) in [5, 5.41) is 0. The fourth-order valence-corrected chi connectivity index (χ4v) is 0. The predicted octanol–water partition coefficient (Wildman–Crippen LogP) is 4.15. The van der Waals surface area contributed by atoms with Crippen LogP contribution in [0, 0.1) is 12.8 Å². The monoisotopic (exact) mass is 144 g/mol. The molecule has 0 unspecified atom stereocenters. The zero-order valence-corrected chi connectivity index (χ0v) is 5.98. The van der Waals surface area contributed by atoms with Gasteiger partial charge in [0.25, 0.3) is 0 Å². The quantitative estimate of drug-likeness (QED) is 0.354. The summed E-state index contributed by atoms with van der Waals surface area (Å²) in [4.78, 5) is 0. The van der Waals surface area contributed by atoms with Crippen LogP contribution in [0.25, 0.3) is 0 Å². The van der Waals surface area contributed by atoms with Crippen LogP contribution in [0.4, 0.5) is 0 Å². The first-order valence-corrected chi connectivity index (χ1v) is 2.33. The average molecular weight is 144 g/mol. The van der Waals surface area contributed by atoms with Crippen molar-refractivity contribution in [3.05, 3.63) is 26.3 Å². The smallest absolute Gasteiger partial charge is 0.0683 e. The third kappa shape index (κ3) is 279. The summed E-state index contributed by atoms with van der Waals surface area (Å²) in [6, 6.07) is 0. The average Bonchev–Trinajstić information content (AvgIpc) is 2.03. The highest BCUT2D eigenvalue weighted by atomic mass is 13.0. The highest BCUT2D eigenvalue weighted by Gasteiger charge is 0.932. The number of rotatable bonds is 0. The fourth-order valence-electron chi connectivity index (χ4n) is 0. The lowest BCUT2D eigenvalue weighted by molar-refractivity contribution is 1.50. The van der Waals surface area contributed by atoms with E-state index in [0.717, 1.165) is 0 Å². The Balaban J connectivity index is -0.00000000500. The van der Waals surface area contributed by atoms with E-state index in [2.05, 4.69) is 39.2 Å². The van der Waals surface area contributed by atoms with Crippen LogP contribution in [0.5, 0.6) is 0 Å². The van der Waals surface area contributed by atoms with Crippen molar-refractivity contribution in [2.45, 2.75) is 28.7 Å². The molecule has 0 heterocycles. The highest BCUT2D eigenvalue weighted by Crippen LogP contribution is 1.14. The van der Waals surface area contributed by atoms with E-state index < -0.39 is 0 Å². The molecule has 0 aliphatic heterocycles. The van der Waals surface area contributed by atoms with Crippen molar-refractivity contribution in [3.63, 3.8) is 0 Å². The minimum absolute atomic E-state index is 0. The van der Waals surface area contributed by atoms with Gasteiger partial charge in [-0.25, -0.2) is 0 Å². The van der Waals surface area contributed by atoms with E-state index in [0.29, 0.717) is 0 Å². The molecule has 0 rings (SSSR count). The van der Waals surface area contributed by atoms with E-state index in [9.17, 15) is 0 Å². The van der Waals surface area contributed by atoms with Gasteiger partial charge in [0.1, 0.15) is 0 Å². The molecule has 0 saturated carbocycles. The van der Waals surface area contributed by atoms with Crippen molar-refractivity contribution in [1.82, 2.24) is 0 Å². The highest BCUT2D eigenvalue weighted by molar-refractivity contribution is 4.47. The van der Waals surface area contributed by atoms with Crippen LogP contribution in [-0.2, 0) is 0 Å². The van der Waals surface area contributed by atoms with Crippen LogP contribution >= 0.6 is 0 Å². The number of hydrogen-bond donors (Lipinski definition) is 0. The molecule has 0 aliphatic carbocycles. The van der Waals surface area contributed by atoms with Crippen LogP contribution in [0.15, 0.2) is 26.3 Å². The van der Waals surface area contributed by atoms with Crippen LogP contribution < -0.4 is 0 Å². The van der Waals surface area contributed by atoms with Gasteiger partial charge in [-0.15, -0.1) is 39.2 Å². The standard InChI is InChI=1S/C2H6.2C2H4.C2H2.2CH4/c4*1-2;;/h1-2H3;2*1-2H2;1-2H;2*1H4. The summed E-state index contributed by atoms with van der Waals surface area (Å²) in [6.45, 7) is 16.0. The molecule has 0 atom stereocenters. The second kappa shape index (κ2) is 432. The lowest BCUT2D eigenvalue weighted by atomic mass is 11.0. The second-order valence-corrected chi connectivity index (χ2v) is 0. The van der Waals surface area contributed by atoms with Gasteiger partial charge in [0.05, 0.1) is 0 Å². The predicted molar refractivity (Wildman–Crippen MR) is 57.2 cm³/mol. The molecule has 10 heavy (non-hydrogen) atoms. The Hall–Kier alpha value is -0.960. The van der Waals surface area contributed by atoms with Gasteiger partial charge in [0, 0.05) is 0 Å². The minimum Gasteiger partial charge on any atom is -0.124 e. The van der Waals surface area contributed by atoms with Gasteiger partial charge in [-0.05, 0) is 0 Å². The van der Waals surface area contributed by atoms with Gasteiger partial charge in [-0.2, -0.15) is 0 Å². The van der Waals surface area contributed by atoms with E-state index in [1.165, 1.54) is 0 Å². The maximum Gasteiger partial charge on any atom is -0.0683 e. The molecule has 0 fully saturated rings. The molecule has 0 spiro atoms. The molecule has 0 aliphatic rings. The van der Waals surface area contributed by atoms with Gasteiger partial charge in [-0.1, -0.05) is 28.7 Å². The molecule has 0 aromatic heterocycles. The molecule has 0 bridgehead atoms. The molecule has 0 saturated heterocycles. The molecule has 0 N–H and O–H groups in total. The Morgan fingerprint density at radius 3 is 0.700 bits per heavy atom. The van der Waals surface area contributed by atoms with Crippen molar-refractivity contribution in [2.75, 3.05) is 0 Å². The maximum absolute atomic E-state index is 4.00. The van der Waals surface area contributed by atoms with Crippen molar-refractivity contribution in [3.8, 4) is 12.8 Å². The summed E-state index contributed by atoms with van der Waals surface area (Å²) in [5.74, 6) is 0. The summed E-state index contributed by atoms with van der Waals surface area (Å²) >= 11 is 0. The van der Waals surface area contributed by atoms with Crippen molar-refractivity contribution < 1.29 is 0 Å². The lowest BCUT2D eigenvalue weighted by Crippen LogP contribution is -0.856. The van der Waals surface area contributed by atoms with E-state index in [-0.39, 0.29) is 14.9 Å². The van der Waals surface area contributed by atoms with Crippen LogP contribution in [0.3, 0.4) is 0 Å². The Morgan fingerprint density at radius 2 is 0.700 bits per heavy atom. The van der Waals surface area contributed by atoms with Gasteiger partial charge in [-0.3, -0.25) is 0 Å². The first-order valence-electron chi connectivity index (χ1n) is 2.33. The Kier molecular flexibility index (Phi) is 2730. The maximum atomic E-state index is 4.00. The molecule has 0 amide bonds. The fraction of sp³-hybridized carbons (Fsp3) is 0.400. The van der Waals surface area contributed by atoms with Gasteiger partial charge in [0.15, 0.2) is 0 Å². The van der Waals surface area contributed by atoms with E-state index in [1.807, 2.05) is 13.8 Å². The van der Waals surface area contributed by atoms with Crippen molar-refractivity contribution in [2.24, 2.45) is 0 Å². The van der Waals surface area contributed by atoms with Crippen LogP contribution in [-0.4, -0.2) is 0 Å². The number of hydrogen-bond acceptors (Lipinski definition) is 0. The zero-order chi connectivity index (χ0) is 8.00. The van der Waals surface area contributed by atoms with Crippen LogP contribution in [0.1, 0.15) is 28.7 Å². The van der Waals surface area contributed by atoms with Gasteiger partial charge >= 0.3 is 0 Å². The largest absolute Gasteiger partial charge is 0.124 e. The topological polar surface area (TPSA) is 0 Å². The molecule has 0 aromatic carbocycles. The van der Waals surface area contributed by atoms with Crippen LogP contribution in [0.2, 0.25) is 0 Å². The lowest BCUT2D eigenvalue weighted by Gasteiger charge is -1.07. The SMILES string of the molecule is C.C.C#C.C=C.C=C.CC. The summed E-state index contributed by atoms with van der Waals surface area (Å²) < 4.78 is 0. The summed E-state index contributed by atoms with van der Waals surface area (Å²) in [5.41, 5.74) is 0. The first-order chi connectivity index (χ1) is 4.00. The summed E-state index contributed by atoms with van der Waals surface area (Å²) in [6.07, 6.45) is 8.00. The normalized spacial score (nSPS) is 1.60. The molecule has 0 nitrogen and oxygen atoms in total. The second-order valence-electron chi connectivity index (χ2n) is 0. The van der Waals surface area contributed by atoms with E-state index in [1.54, 1.807) is 0 Å². The third-order valence-electron chi connectivity index (χ3n) is 0. The Labute approximate surface area is 68.7 Å². The summed E-state index contributed by atoms with van der Waals surface area (Å²) in [7, 11) is 0. The van der Waals surface area contributed by atoms with Gasteiger partial charge in [0.2, 0.25) is 0 Å².